The van der Waals surface area contributed by atoms with E-state index in [2.05, 4.69) is 10.3 Å². The Kier molecular flexibility index (Phi) is 6.07. The van der Waals surface area contributed by atoms with Crippen molar-refractivity contribution >= 4 is 5.91 Å². The van der Waals surface area contributed by atoms with Crippen molar-refractivity contribution in [3.05, 3.63) is 53.9 Å². The minimum atomic E-state index is 0.0322. The molecule has 1 atom stereocenters. The molecule has 2 heterocycles. The molecule has 138 valence electrons. The van der Waals surface area contributed by atoms with Crippen LogP contribution in [0.1, 0.15) is 23.6 Å². The number of rotatable bonds is 6. The third-order valence-electron chi connectivity index (χ3n) is 4.67. The van der Waals surface area contributed by atoms with Crippen LogP contribution < -0.4 is 14.8 Å². The molecule has 1 amide bonds. The molecule has 0 aliphatic carbocycles. The molecule has 3 rings (SSSR count). The number of aromatic nitrogens is 1. The minimum absolute atomic E-state index is 0.0322. The van der Waals surface area contributed by atoms with Gasteiger partial charge in [-0.15, -0.1) is 0 Å². The van der Waals surface area contributed by atoms with Crippen LogP contribution in [0, 0.1) is 0 Å². The number of nitrogens with one attached hydrogen (secondary N) is 1. The SMILES string of the molecule is COc1cc(CCC(=O)N2CCNCC2c2cccnc2)cc(OC)c1. The lowest BCUT2D eigenvalue weighted by Gasteiger charge is -2.36. The number of carbonyl (C=O) groups is 1. The van der Waals surface area contributed by atoms with Crippen LogP contribution in [0.5, 0.6) is 11.5 Å². The molecular weight excluding hydrogens is 330 g/mol. The van der Waals surface area contributed by atoms with Crippen molar-refractivity contribution in [2.45, 2.75) is 18.9 Å². The van der Waals surface area contributed by atoms with E-state index < -0.39 is 0 Å². The fourth-order valence-electron chi connectivity index (χ4n) is 3.28. The standard InChI is InChI=1S/C20H25N3O3/c1-25-17-10-15(11-18(12-17)26-2)5-6-20(24)23-9-8-22-14-19(23)16-4-3-7-21-13-16/h3-4,7,10-13,19,22H,5-6,8-9,14H2,1-2H3. The van der Waals surface area contributed by atoms with Crippen LogP contribution in [0.15, 0.2) is 42.7 Å². The lowest BCUT2D eigenvalue weighted by atomic mass is 10.0. The maximum atomic E-state index is 12.9. The third-order valence-corrected chi connectivity index (χ3v) is 4.67. The summed E-state index contributed by atoms with van der Waals surface area (Å²) in [6.45, 7) is 2.28. The average Bonchev–Trinajstić information content (AvgIpc) is 2.72. The second-order valence-electron chi connectivity index (χ2n) is 6.31. The van der Waals surface area contributed by atoms with E-state index in [1.165, 1.54) is 0 Å². The summed E-state index contributed by atoms with van der Waals surface area (Å²) in [5.74, 6) is 1.63. The third kappa shape index (κ3) is 4.32. The highest BCUT2D eigenvalue weighted by Gasteiger charge is 2.27. The second kappa shape index (κ2) is 8.67. The van der Waals surface area contributed by atoms with Crippen LogP contribution in [0.4, 0.5) is 0 Å². The van der Waals surface area contributed by atoms with E-state index in [1.807, 2.05) is 41.4 Å². The zero-order chi connectivity index (χ0) is 18.4. The fourth-order valence-corrected chi connectivity index (χ4v) is 3.28. The van der Waals surface area contributed by atoms with Crippen molar-refractivity contribution in [2.24, 2.45) is 0 Å². The molecule has 6 heteroatoms. The summed E-state index contributed by atoms with van der Waals surface area (Å²) in [7, 11) is 3.26. The molecule has 1 aromatic carbocycles. The summed E-state index contributed by atoms with van der Waals surface area (Å²) in [5.41, 5.74) is 2.10. The van der Waals surface area contributed by atoms with Gasteiger partial charge in [-0.25, -0.2) is 0 Å². The van der Waals surface area contributed by atoms with Gasteiger partial charge < -0.3 is 19.7 Å². The molecular formula is C20H25N3O3. The van der Waals surface area contributed by atoms with E-state index in [0.717, 1.165) is 35.7 Å². The van der Waals surface area contributed by atoms with Crippen molar-refractivity contribution in [1.82, 2.24) is 15.2 Å². The van der Waals surface area contributed by atoms with Crippen molar-refractivity contribution in [1.29, 1.82) is 0 Å². The van der Waals surface area contributed by atoms with Crippen LogP contribution in [-0.4, -0.2) is 49.6 Å². The first-order valence-electron chi connectivity index (χ1n) is 8.83. The van der Waals surface area contributed by atoms with E-state index in [9.17, 15) is 4.79 Å². The van der Waals surface area contributed by atoms with Crippen LogP contribution in [0.3, 0.4) is 0 Å². The Morgan fingerprint density at radius 1 is 1.27 bits per heavy atom. The summed E-state index contributed by atoms with van der Waals surface area (Å²) in [6.07, 6.45) is 4.69. The topological polar surface area (TPSA) is 63.7 Å². The highest BCUT2D eigenvalue weighted by atomic mass is 16.5. The van der Waals surface area contributed by atoms with Gasteiger partial charge in [-0.2, -0.15) is 0 Å². The highest BCUT2D eigenvalue weighted by molar-refractivity contribution is 5.77. The molecule has 0 saturated carbocycles. The molecule has 1 N–H and O–H groups in total. The van der Waals surface area contributed by atoms with E-state index in [0.29, 0.717) is 19.4 Å². The van der Waals surface area contributed by atoms with E-state index in [-0.39, 0.29) is 11.9 Å². The van der Waals surface area contributed by atoms with Gasteiger partial charge in [-0.05, 0) is 35.7 Å². The first kappa shape index (κ1) is 18.2. The van der Waals surface area contributed by atoms with Crippen molar-refractivity contribution in [2.75, 3.05) is 33.9 Å². The molecule has 1 aliphatic heterocycles. The quantitative estimate of drug-likeness (QED) is 0.861. The Morgan fingerprint density at radius 3 is 2.69 bits per heavy atom. The summed E-state index contributed by atoms with van der Waals surface area (Å²) in [4.78, 5) is 19.0. The number of hydrogen-bond donors (Lipinski definition) is 1. The lowest BCUT2D eigenvalue weighted by molar-refractivity contribution is -0.134. The monoisotopic (exact) mass is 355 g/mol. The molecule has 26 heavy (non-hydrogen) atoms. The number of carbonyl (C=O) groups excluding carboxylic acids is 1. The molecule has 0 spiro atoms. The van der Waals surface area contributed by atoms with Crippen molar-refractivity contribution in [3.8, 4) is 11.5 Å². The van der Waals surface area contributed by atoms with Gasteiger partial charge >= 0.3 is 0 Å². The van der Waals surface area contributed by atoms with Crippen molar-refractivity contribution < 1.29 is 14.3 Å². The first-order valence-corrected chi connectivity index (χ1v) is 8.83. The van der Waals surface area contributed by atoms with E-state index >= 15 is 0 Å². The van der Waals surface area contributed by atoms with E-state index in [1.54, 1.807) is 20.4 Å². The van der Waals surface area contributed by atoms with Gasteiger partial charge in [0.05, 0.1) is 20.3 Å². The predicted octanol–water partition coefficient (Wildman–Crippen LogP) is 2.20. The highest BCUT2D eigenvalue weighted by Crippen LogP contribution is 2.25. The molecule has 1 aromatic heterocycles. The van der Waals surface area contributed by atoms with Crippen LogP contribution in [0.2, 0.25) is 0 Å². The van der Waals surface area contributed by atoms with Crippen LogP contribution in [0.25, 0.3) is 0 Å². The molecule has 1 saturated heterocycles. The Balaban J connectivity index is 1.68. The fraction of sp³-hybridized carbons (Fsp3) is 0.400. The van der Waals surface area contributed by atoms with Gasteiger partial charge in [0.2, 0.25) is 5.91 Å². The molecule has 2 aromatic rings. The van der Waals surface area contributed by atoms with Gasteiger partial charge in [0.1, 0.15) is 11.5 Å². The van der Waals surface area contributed by atoms with Gasteiger partial charge in [0, 0.05) is 44.5 Å². The van der Waals surface area contributed by atoms with Crippen LogP contribution in [-0.2, 0) is 11.2 Å². The van der Waals surface area contributed by atoms with Crippen molar-refractivity contribution in [3.63, 3.8) is 0 Å². The molecule has 1 fully saturated rings. The molecule has 1 unspecified atom stereocenters. The Hall–Kier alpha value is -2.60. The number of pyridine rings is 1. The number of benzene rings is 1. The summed E-state index contributed by atoms with van der Waals surface area (Å²) in [6, 6.07) is 9.70. The molecule has 0 radical (unpaired) electrons. The number of aryl methyl sites for hydroxylation is 1. The Morgan fingerprint density at radius 2 is 2.04 bits per heavy atom. The number of hydrogen-bond acceptors (Lipinski definition) is 5. The smallest absolute Gasteiger partial charge is 0.223 e. The maximum absolute atomic E-state index is 12.9. The summed E-state index contributed by atoms with van der Waals surface area (Å²) >= 11 is 0. The normalized spacial score (nSPS) is 17.0. The number of ether oxygens (including phenoxy) is 2. The number of methoxy groups -OCH3 is 2. The predicted molar refractivity (Wildman–Crippen MR) is 99.4 cm³/mol. The Labute approximate surface area is 154 Å². The van der Waals surface area contributed by atoms with Gasteiger partial charge in [0.15, 0.2) is 0 Å². The Bertz CT molecular complexity index is 714. The van der Waals surface area contributed by atoms with Gasteiger partial charge in [-0.3, -0.25) is 9.78 Å². The zero-order valence-electron chi connectivity index (χ0n) is 15.3. The van der Waals surface area contributed by atoms with Crippen LogP contribution >= 0.6 is 0 Å². The average molecular weight is 355 g/mol. The van der Waals surface area contributed by atoms with E-state index in [4.69, 9.17) is 9.47 Å². The van der Waals surface area contributed by atoms with Gasteiger partial charge in [0.25, 0.3) is 0 Å². The zero-order valence-corrected chi connectivity index (χ0v) is 15.3. The molecule has 6 nitrogen and oxygen atoms in total. The first-order chi connectivity index (χ1) is 12.7. The molecule has 1 aliphatic rings. The van der Waals surface area contributed by atoms with Gasteiger partial charge in [-0.1, -0.05) is 6.07 Å². The lowest BCUT2D eigenvalue weighted by Crippen LogP contribution is -2.48. The maximum Gasteiger partial charge on any atom is 0.223 e. The number of piperazine rings is 1. The number of nitrogens with zero attached hydrogens (tertiary/aromatic N) is 2. The summed E-state index contributed by atoms with van der Waals surface area (Å²) < 4.78 is 10.6. The summed E-state index contributed by atoms with van der Waals surface area (Å²) in [5, 5.41) is 3.37. The second-order valence-corrected chi connectivity index (χ2v) is 6.31. The number of amides is 1. The largest absolute Gasteiger partial charge is 0.497 e. The minimum Gasteiger partial charge on any atom is -0.497 e. The molecule has 0 bridgehead atoms.